The molecule has 0 heterocycles. The van der Waals surface area contributed by atoms with E-state index in [1.165, 1.54) is 24.3 Å². The summed E-state index contributed by atoms with van der Waals surface area (Å²) in [5.74, 6) is -1.33. The second kappa shape index (κ2) is 4.88. The van der Waals surface area contributed by atoms with Crippen LogP contribution in [0.1, 0.15) is 10.4 Å². The maximum Gasteiger partial charge on any atom is 0.392 e. The molecule has 6 nitrogen and oxygen atoms in total. The second-order valence-corrected chi connectivity index (χ2v) is 4.82. The number of halogens is 2. The van der Waals surface area contributed by atoms with Crippen molar-refractivity contribution in [1.82, 2.24) is 0 Å². The molecule has 88 valence electrons. The predicted octanol–water partition coefficient (Wildman–Crippen LogP) is 1.76. The molecule has 0 saturated heterocycles. The fourth-order valence-electron chi connectivity index (χ4n) is 0.953. The maximum absolute atomic E-state index is 11.1. The van der Waals surface area contributed by atoms with Crippen LogP contribution < -0.4 is 3.82 Å². The highest BCUT2D eigenvalue weighted by atomic mass is 35.5. The number of carboxylic acid groups (broad SMARTS) is 1. The molecule has 9 heteroatoms. The Morgan fingerprint density at radius 1 is 1.38 bits per heavy atom. The number of hydrogen-bond donors (Lipinski definition) is 1. The number of aromatic carboxylic acids is 1. The van der Waals surface area contributed by atoms with Crippen LogP contribution in [-0.2, 0) is 14.0 Å². The van der Waals surface area contributed by atoms with Gasteiger partial charge in [0.2, 0.25) is 0 Å². The molecular formula is C7H5Cl2NO5S. The Morgan fingerprint density at radius 2 is 1.94 bits per heavy atom. The molecule has 1 aromatic rings. The largest absolute Gasteiger partial charge is 0.478 e. The summed E-state index contributed by atoms with van der Waals surface area (Å²) in [5, 5.41) is 8.80. The first-order valence-electron chi connectivity index (χ1n) is 3.73. The molecule has 0 atom stereocenters. The van der Waals surface area contributed by atoms with Gasteiger partial charge in [0.05, 0.1) is 23.1 Å². The van der Waals surface area contributed by atoms with Crippen molar-refractivity contribution in [2.24, 2.45) is 0 Å². The smallest absolute Gasteiger partial charge is 0.392 e. The average Bonchev–Trinajstić information content (AvgIpc) is 2.28. The maximum atomic E-state index is 11.1. The summed E-state index contributed by atoms with van der Waals surface area (Å²) in [5.41, 5.74) is -0.563. The lowest BCUT2D eigenvalue weighted by molar-refractivity contribution is 0.0698. The molecule has 1 rings (SSSR count). The van der Waals surface area contributed by atoms with Gasteiger partial charge >= 0.3 is 16.3 Å². The first kappa shape index (κ1) is 13.0. The van der Waals surface area contributed by atoms with Crippen LogP contribution in [0, 0.1) is 0 Å². The van der Waals surface area contributed by atoms with Gasteiger partial charge in [0, 0.05) is 11.8 Å². The lowest BCUT2D eigenvalue weighted by atomic mass is 10.2. The van der Waals surface area contributed by atoms with E-state index < -0.39 is 16.3 Å². The molecule has 0 aliphatic heterocycles. The van der Waals surface area contributed by atoms with Gasteiger partial charge in [-0.2, -0.15) is 12.2 Å². The van der Waals surface area contributed by atoms with Crippen LogP contribution in [0.15, 0.2) is 24.3 Å². The Morgan fingerprint density at radius 3 is 2.44 bits per heavy atom. The predicted molar refractivity (Wildman–Crippen MR) is 57.6 cm³/mol. The van der Waals surface area contributed by atoms with Crippen molar-refractivity contribution < 1.29 is 22.1 Å². The van der Waals surface area contributed by atoms with Gasteiger partial charge in [0.25, 0.3) is 0 Å². The Labute approximate surface area is 101 Å². The molecule has 0 radical (unpaired) electrons. The van der Waals surface area contributed by atoms with Gasteiger partial charge in [-0.3, -0.25) is 0 Å². The number of para-hydroxylation sites is 1. The van der Waals surface area contributed by atoms with Crippen molar-refractivity contribution in [2.75, 3.05) is 3.82 Å². The Hall–Kier alpha value is -1.02. The molecule has 0 amide bonds. The molecule has 0 aliphatic carbocycles. The van der Waals surface area contributed by atoms with Crippen LogP contribution in [0.2, 0.25) is 0 Å². The van der Waals surface area contributed by atoms with Crippen molar-refractivity contribution in [1.29, 1.82) is 0 Å². The summed E-state index contributed by atoms with van der Waals surface area (Å²) in [4.78, 5) is 10.8. The first-order chi connectivity index (χ1) is 7.40. The number of carbonyl (C=O) groups is 1. The molecule has 1 aromatic carbocycles. The number of rotatable bonds is 4. The van der Waals surface area contributed by atoms with Crippen LogP contribution in [-0.4, -0.2) is 19.5 Å². The summed E-state index contributed by atoms with van der Waals surface area (Å²) in [6.07, 6.45) is 0. The molecule has 0 unspecified atom stereocenters. The monoisotopic (exact) mass is 285 g/mol. The van der Waals surface area contributed by atoms with E-state index in [0.717, 1.165) is 0 Å². The van der Waals surface area contributed by atoms with Gasteiger partial charge in [-0.05, 0) is 12.1 Å². The molecule has 0 aromatic heterocycles. The highest BCUT2D eigenvalue weighted by Crippen LogP contribution is 2.26. The number of nitrogens with zero attached hydrogens (tertiary/aromatic N) is 1. The van der Waals surface area contributed by atoms with Crippen LogP contribution in [0.25, 0.3) is 0 Å². The highest BCUT2D eigenvalue weighted by molar-refractivity contribution is 7.90. The molecule has 1 N–H and O–H groups in total. The minimum absolute atomic E-state index is 0.115. The third-order valence-electron chi connectivity index (χ3n) is 1.60. The fraction of sp³-hybridized carbons (Fsp3) is 0. The first-order valence-corrected chi connectivity index (χ1v) is 5.75. The minimum Gasteiger partial charge on any atom is -0.478 e. The van der Waals surface area contributed by atoms with E-state index in [9.17, 15) is 13.2 Å². The van der Waals surface area contributed by atoms with Gasteiger partial charge in [0.1, 0.15) is 0 Å². The Bertz CT molecular complexity index is 503. The molecule has 16 heavy (non-hydrogen) atoms. The van der Waals surface area contributed by atoms with Gasteiger partial charge in [-0.1, -0.05) is 12.1 Å². The van der Waals surface area contributed by atoms with Crippen molar-refractivity contribution >= 4 is 45.6 Å². The second-order valence-electron chi connectivity index (χ2n) is 2.56. The summed E-state index contributed by atoms with van der Waals surface area (Å²) >= 11 is 10.1. The zero-order valence-corrected chi connectivity index (χ0v) is 9.83. The number of benzene rings is 1. The summed E-state index contributed by atoms with van der Waals surface area (Å²) in [7, 11) is -4.41. The number of hydrogen-bond acceptors (Lipinski definition) is 4. The van der Waals surface area contributed by atoms with Gasteiger partial charge in [0.15, 0.2) is 0 Å². The molecular weight excluding hydrogens is 281 g/mol. The zero-order valence-electron chi connectivity index (χ0n) is 7.50. The quantitative estimate of drug-likeness (QED) is 0.852. The number of carboxylic acids is 1. The van der Waals surface area contributed by atoms with Crippen molar-refractivity contribution in [3.05, 3.63) is 29.8 Å². The van der Waals surface area contributed by atoms with Gasteiger partial charge in [-0.25, -0.2) is 4.79 Å². The fourth-order valence-corrected chi connectivity index (χ4v) is 1.89. The summed E-state index contributed by atoms with van der Waals surface area (Å²) < 4.78 is 26.0. The summed E-state index contributed by atoms with van der Waals surface area (Å²) in [6, 6.07) is 5.23. The lowest BCUT2D eigenvalue weighted by Crippen LogP contribution is -2.22. The van der Waals surface area contributed by atoms with Crippen LogP contribution in [0.4, 0.5) is 5.69 Å². The van der Waals surface area contributed by atoms with Crippen molar-refractivity contribution in [3.8, 4) is 0 Å². The van der Waals surface area contributed by atoms with Gasteiger partial charge in [-0.15, -0.1) is 3.74 Å². The third-order valence-corrected chi connectivity index (χ3v) is 3.52. The summed E-state index contributed by atoms with van der Waals surface area (Å²) in [6.45, 7) is 0. The standard InChI is InChI=1S/C7H5Cl2NO5S/c8-10(16(13,14)15-9)6-4-2-1-3-5(6)7(11)12/h1-4H,(H,11,12). The topological polar surface area (TPSA) is 83.9 Å². The number of anilines is 1. The normalized spacial score (nSPS) is 11.1. The molecule has 0 bridgehead atoms. The van der Waals surface area contributed by atoms with Crippen LogP contribution >= 0.6 is 23.6 Å². The van der Waals surface area contributed by atoms with E-state index in [2.05, 4.69) is 3.74 Å². The van der Waals surface area contributed by atoms with E-state index >= 15 is 0 Å². The van der Waals surface area contributed by atoms with Crippen molar-refractivity contribution in [2.45, 2.75) is 0 Å². The molecule has 0 spiro atoms. The highest BCUT2D eigenvalue weighted by Gasteiger charge is 2.25. The van der Waals surface area contributed by atoms with E-state index in [1.807, 2.05) is 0 Å². The zero-order chi connectivity index (χ0) is 12.3. The minimum atomic E-state index is -4.41. The van der Waals surface area contributed by atoms with E-state index in [1.54, 1.807) is 0 Å². The lowest BCUT2D eigenvalue weighted by Gasteiger charge is -2.14. The molecule has 0 saturated carbocycles. The average molecular weight is 286 g/mol. The van der Waals surface area contributed by atoms with Crippen molar-refractivity contribution in [3.63, 3.8) is 0 Å². The van der Waals surface area contributed by atoms with E-state index in [-0.39, 0.29) is 15.1 Å². The molecule has 0 aliphatic rings. The third kappa shape index (κ3) is 2.56. The molecule has 0 fully saturated rings. The van der Waals surface area contributed by atoms with Crippen LogP contribution in [0.5, 0.6) is 0 Å². The van der Waals surface area contributed by atoms with E-state index in [0.29, 0.717) is 0 Å². The Kier molecular flexibility index (Phi) is 3.98. The van der Waals surface area contributed by atoms with E-state index in [4.69, 9.17) is 28.7 Å². The van der Waals surface area contributed by atoms with Gasteiger partial charge < -0.3 is 5.11 Å². The SMILES string of the molecule is O=C(O)c1ccccc1N(Cl)S(=O)(=O)OCl. The van der Waals surface area contributed by atoms with Crippen LogP contribution in [0.3, 0.4) is 0 Å². The Balaban J connectivity index is 3.29.